The number of ether oxygens (including phenoxy) is 1. The SMILES string of the molecule is CS(=O)(=O)N1CC(Oc2ccc(F)cc2)CC1C(C=O)N1CCN(C2CCC2)CC1. The summed E-state index contributed by atoms with van der Waals surface area (Å²) in [6, 6.07) is 5.41. The van der Waals surface area contributed by atoms with Crippen molar-refractivity contribution in [2.45, 2.75) is 49.9 Å². The van der Waals surface area contributed by atoms with Gasteiger partial charge in [-0.1, -0.05) is 6.42 Å². The van der Waals surface area contributed by atoms with Gasteiger partial charge in [0.05, 0.1) is 24.9 Å². The van der Waals surface area contributed by atoms with Crippen molar-refractivity contribution < 1.29 is 22.3 Å². The van der Waals surface area contributed by atoms with Crippen molar-refractivity contribution in [3.63, 3.8) is 0 Å². The molecule has 7 nitrogen and oxygen atoms in total. The van der Waals surface area contributed by atoms with E-state index < -0.39 is 22.1 Å². The van der Waals surface area contributed by atoms with Gasteiger partial charge in [-0.25, -0.2) is 12.8 Å². The summed E-state index contributed by atoms with van der Waals surface area (Å²) in [4.78, 5) is 16.7. The van der Waals surface area contributed by atoms with Gasteiger partial charge >= 0.3 is 0 Å². The fourth-order valence-electron chi connectivity index (χ4n) is 4.85. The molecule has 1 aromatic rings. The molecule has 3 aliphatic rings. The number of hydrogen-bond donors (Lipinski definition) is 0. The van der Waals surface area contributed by atoms with Crippen LogP contribution in [0.25, 0.3) is 0 Å². The van der Waals surface area contributed by atoms with E-state index >= 15 is 0 Å². The van der Waals surface area contributed by atoms with E-state index in [1.807, 2.05) is 0 Å². The molecule has 0 spiro atoms. The highest BCUT2D eigenvalue weighted by Gasteiger charge is 2.45. The average molecular weight is 440 g/mol. The third-order valence-electron chi connectivity index (χ3n) is 6.70. The summed E-state index contributed by atoms with van der Waals surface area (Å²) in [5.41, 5.74) is 0. The van der Waals surface area contributed by atoms with E-state index in [4.69, 9.17) is 4.74 Å². The first kappa shape index (κ1) is 21.7. The number of halogens is 1. The van der Waals surface area contributed by atoms with Crippen LogP contribution in [0.4, 0.5) is 4.39 Å². The molecule has 0 amide bonds. The monoisotopic (exact) mass is 439 g/mol. The lowest BCUT2D eigenvalue weighted by Gasteiger charge is -2.45. The second-order valence-corrected chi connectivity index (χ2v) is 10.5. The molecule has 3 unspecified atom stereocenters. The maximum Gasteiger partial charge on any atom is 0.211 e. The molecule has 1 aromatic carbocycles. The van der Waals surface area contributed by atoms with Crippen LogP contribution in [0, 0.1) is 5.82 Å². The lowest BCUT2D eigenvalue weighted by molar-refractivity contribution is -0.115. The van der Waals surface area contributed by atoms with Crippen LogP contribution in [0.5, 0.6) is 5.75 Å². The van der Waals surface area contributed by atoms with Crippen LogP contribution in [0.15, 0.2) is 24.3 Å². The van der Waals surface area contributed by atoms with Gasteiger partial charge < -0.3 is 9.53 Å². The number of rotatable bonds is 7. The zero-order chi connectivity index (χ0) is 21.3. The Bertz CT molecular complexity index is 838. The molecule has 4 rings (SSSR count). The van der Waals surface area contributed by atoms with Crippen LogP contribution >= 0.6 is 0 Å². The van der Waals surface area contributed by atoms with Gasteiger partial charge in [0.2, 0.25) is 10.0 Å². The van der Waals surface area contributed by atoms with Crippen LogP contribution in [-0.4, -0.2) is 92.0 Å². The van der Waals surface area contributed by atoms with Crippen LogP contribution in [0.3, 0.4) is 0 Å². The third kappa shape index (κ3) is 4.69. The number of carbonyl (C=O) groups excluding carboxylic acids is 1. The summed E-state index contributed by atoms with van der Waals surface area (Å²) in [5, 5.41) is 0. The molecule has 9 heteroatoms. The Labute approximate surface area is 177 Å². The maximum atomic E-state index is 13.2. The summed E-state index contributed by atoms with van der Waals surface area (Å²) in [5.74, 6) is 0.138. The predicted molar refractivity (Wildman–Crippen MR) is 111 cm³/mol. The van der Waals surface area contributed by atoms with Gasteiger partial charge in [-0.05, 0) is 37.1 Å². The van der Waals surface area contributed by atoms with E-state index in [-0.39, 0.29) is 18.5 Å². The largest absolute Gasteiger partial charge is 0.489 e. The number of nitrogens with zero attached hydrogens (tertiary/aromatic N) is 3. The minimum Gasteiger partial charge on any atom is -0.489 e. The minimum absolute atomic E-state index is 0.188. The Hall–Kier alpha value is -1.55. The number of aldehydes is 1. The minimum atomic E-state index is -3.50. The van der Waals surface area contributed by atoms with Gasteiger partial charge in [-0.2, -0.15) is 4.31 Å². The maximum absolute atomic E-state index is 13.2. The molecule has 0 radical (unpaired) electrons. The van der Waals surface area contributed by atoms with Crippen LogP contribution < -0.4 is 4.74 Å². The van der Waals surface area contributed by atoms with Crippen molar-refractivity contribution in [3.8, 4) is 5.75 Å². The van der Waals surface area contributed by atoms with Crippen molar-refractivity contribution >= 4 is 16.3 Å². The Kier molecular flexibility index (Phi) is 6.43. The molecule has 1 aliphatic carbocycles. The molecule has 1 saturated carbocycles. The van der Waals surface area contributed by atoms with Crippen molar-refractivity contribution in [2.75, 3.05) is 39.0 Å². The lowest BCUT2D eigenvalue weighted by Crippen LogP contribution is -2.59. The van der Waals surface area contributed by atoms with Crippen molar-refractivity contribution in [2.24, 2.45) is 0 Å². The highest BCUT2D eigenvalue weighted by molar-refractivity contribution is 7.88. The molecule has 30 heavy (non-hydrogen) atoms. The molecule has 2 heterocycles. The van der Waals surface area contributed by atoms with Gasteiger partial charge in [-0.3, -0.25) is 9.80 Å². The Morgan fingerprint density at radius 1 is 1.13 bits per heavy atom. The van der Waals surface area contributed by atoms with Gasteiger partial charge in [0.15, 0.2) is 0 Å². The summed E-state index contributed by atoms with van der Waals surface area (Å²) in [6.45, 7) is 3.54. The highest BCUT2D eigenvalue weighted by atomic mass is 32.2. The summed E-state index contributed by atoms with van der Waals surface area (Å²) in [7, 11) is -3.50. The van der Waals surface area contributed by atoms with E-state index in [9.17, 15) is 17.6 Å². The predicted octanol–water partition coefficient (Wildman–Crippen LogP) is 1.34. The highest BCUT2D eigenvalue weighted by Crippen LogP contribution is 2.30. The summed E-state index contributed by atoms with van der Waals surface area (Å²) < 4.78 is 45.4. The molecule has 2 aliphatic heterocycles. The van der Waals surface area contributed by atoms with Gasteiger partial charge in [-0.15, -0.1) is 0 Å². The number of benzene rings is 1. The molecular formula is C21H30FN3O4S. The van der Waals surface area contributed by atoms with E-state index in [2.05, 4.69) is 9.80 Å². The molecule has 0 N–H and O–H groups in total. The lowest BCUT2D eigenvalue weighted by atomic mass is 9.91. The zero-order valence-electron chi connectivity index (χ0n) is 17.3. The molecule has 166 valence electrons. The Morgan fingerprint density at radius 2 is 1.80 bits per heavy atom. The summed E-state index contributed by atoms with van der Waals surface area (Å²) in [6.07, 6.45) is 5.92. The molecule has 0 bridgehead atoms. The standard InChI is InChI=1S/C21H30FN3O4S/c1-30(27,28)25-14-19(29-18-7-5-16(22)6-8-18)13-20(25)21(15-26)24-11-9-23(10-12-24)17-3-2-4-17/h5-8,15,17,19-21H,2-4,9-14H2,1H3. The molecule has 2 saturated heterocycles. The Morgan fingerprint density at radius 3 is 2.33 bits per heavy atom. The van der Waals surface area contributed by atoms with Gasteiger partial charge in [0, 0.05) is 38.6 Å². The smallest absolute Gasteiger partial charge is 0.211 e. The second kappa shape index (κ2) is 8.90. The number of carbonyl (C=O) groups is 1. The topological polar surface area (TPSA) is 70.2 Å². The van der Waals surface area contributed by atoms with Crippen molar-refractivity contribution in [3.05, 3.63) is 30.1 Å². The Balaban J connectivity index is 1.45. The zero-order valence-corrected chi connectivity index (χ0v) is 18.1. The number of hydrogen-bond acceptors (Lipinski definition) is 6. The fourth-order valence-corrected chi connectivity index (χ4v) is 5.99. The van der Waals surface area contributed by atoms with Crippen LogP contribution in [0.1, 0.15) is 25.7 Å². The molecule has 3 fully saturated rings. The first-order valence-electron chi connectivity index (χ1n) is 10.7. The van der Waals surface area contributed by atoms with E-state index in [1.54, 1.807) is 0 Å². The first-order chi connectivity index (χ1) is 14.3. The fraction of sp³-hybridized carbons (Fsp3) is 0.667. The van der Waals surface area contributed by atoms with Crippen LogP contribution in [0.2, 0.25) is 0 Å². The first-order valence-corrected chi connectivity index (χ1v) is 12.5. The van der Waals surface area contributed by atoms with Crippen molar-refractivity contribution in [1.29, 1.82) is 0 Å². The van der Waals surface area contributed by atoms with Gasteiger partial charge in [0.1, 0.15) is 24.0 Å². The van der Waals surface area contributed by atoms with Crippen LogP contribution in [-0.2, 0) is 14.8 Å². The quantitative estimate of drug-likeness (QED) is 0.598. The average Bonchev–Trinajstić information content (AvgIpc) is 3.08. The number of sulfonamides is 1. The van der Waals surface area contributed by atoms with E-state index in [1.165, 1.54) is 54.1 Å². The second-order valence-electron chi connectivity index (χ2n) is 8.61. The molecular weight excluding hydrogens is 409 g/mol. The summed E-state index contributed by atoms with van der Waals surface area (Å²) >= 11 is 0. The van der Waals surface area contributed by atoms with Crippen molar-refractivity contribution in [1.82, 2.24) is 14.1 Å². The molecule has 0 aromatic heterocycles. The van der Waals surface area contributed by atoms with E-state index in [0.29, 0.717) is 18.2 Å². The third-order valence-corrected chi connectivity index (χ3v) is 7.97. The van der Waals surface area contributed by atoms with E-state index in [0.717, 1.165) is 32.5 Å². The van der Waals surface area contributed by atoms with Gasteiger partial charge in [0.25, 0.3) is 0 Å². The number of piperazine rings is 1. The normalized spacial score (nSPS) is 28.2. The molecule has 3 atom stereocenters.